The number of benzene rings is 2. The van der Waals surface area contributed by atoms with E-state index >= 15 is 0 Å². The zero-order valence-corrected chi connectivity index (χ0v) is 13.1. The van der Waals surface area contributed by atoms with E-state index in [9.17, 15) is 21.6 Å². The second-order valence-corrected chi connectivity index (χ2v) is 7.05. The van der Waals surface area contributed by atoms with Crippen LogP contribution >= 0.6 is 0 Å². The van der Waals surface area contributed by atoms with Gasteiger partial charge in [-0.25, -0.2) is 0 Å². The van der Waals surface area contributed by atoms with Crippen LogP contribution in [0.2, 0.25) is 0 Å². The summed E-state index contributed by atoms with van der Waals surface area (Å²) in [6, 6.07) is 15.7. The second-order valence-electron chi connectivity index (χ2n) is 5.27. The summed E-state index contributed by atoms with van der Waals surface area (Å²) >= 11 is 0. The molecule has 1 heterocycles. The molecule has 2 aromatic rings. The van der Waals surface area contributed by atoms with Gasteiger partial charge in [0.25, 0.3) is 0 Å². The zero-order chi connectivity index (χ0) is 17.4. The standard InChI is InChI=1S/C16H13F3N2O2S/c17-16(18,19)24(22,23)21-15(13-9-5-2-6-10-13)11-14(20-21)12-7-3-1-4-8-12/h1-10,15H,11H2/t15-/m1/s1. The molecule has 0 spiro atoms. The Morgan fingerprint density at radius 3 is 2.04 bits per heavy atom. The van der Waals surface area contributed by atoms with Crippen LogP contribution in [-0.4, -0.2) is 24.1 Å². The van der Waals surface area contributed by atoms with Gasteiger partial charge in [-0.3, -0.25) is 0 Å². The van der Waals surface area contributed by atoms with Crippen molar-refractivity contribution in [3.8, 4) is 0 Å². The van der Waals surface area contributed by atoms with Crippen molar-refractivity contribution in [2.75, 3.05) is 0 Å². The third-order valence-electron chi connectivity index (χ3n) is 3.70. The van der Waals surface area contributed by atoms with Crippen LogP contribution in [-0.2, 0) is 10.0 Å². The lowest BCUT2D eigenvalue weighted by Crippen LogP contribution is -2.37. The van der Waals surface area contributed by atoms with E-state index in [1.807, 2.05) is 0 Å². The molecule has 0 amide bonds. The maximum Gasteiger partial charge on any atom is 0.518 e. The lowest BCUT2D eigenvalue weighted by atomic mass is 9.99. The predicted octanol–water partition coefficient (Wildman–Crippen LogP) is 3.69. The Kier molecular flexibility index (Phi) is 4.08. The van der Waals surface area contributed by atoms with Crippen molar-refractivity contribution in [1.82, 2.24) is 4.41 Å². The Bertz CT molecular complexity index is 850. The molecule has 126 valence electrons. The van der Waals surface area contributed by atoms with Gasteiger partial charge in [-0.2, -0.15) is 31.1 Å². The van der Waals surface area contributed by atoms with Crippen LogP contribution in [0, 0.1) is 0 Å². The number of hydrogen-bond acceptors (Lipinski definition) is 3. The topological polar surface area (TPSA) is 49.7 Å². The van der Waals surface area contributed by atoms with Crippen LogP contribution in [0.15, 0.2) is 65.8 Å². The lowest BCUT2D eigenvalue weighted by Gasteiger charge is -2.24. The summed E-state index contributed by atoms with van der Waals surface area (Å²) in [5.74, 6) is 0. The Morgan fingerprint density at radius 1 is 0.958 bits per heavy atom. The minimum absolute atomic E-state index is 0.0728. The van der Waals surface area contributed by atoms with Gasteiger partial charge < -0.3 is 0 Å². The number of nitrogens with zero attached hydrogens (tertiary/aromatic N) is 2. The van der Waals surface area contributed by atoms with Crippen molar-refractivity contribution < 1.29 is 21.6 Å². The summed E-state index contributed by atoms with van der Waals surface area (Å²) in [6.45, 7) is 0. The van der Waals surface area contributed by atoms with Gasteiger partial charge in [0.05, 0.1) is 11.8 Å². The van der Waals surface area contributed by atoms with Gasteiger partial charge >= 0.3 is 15.5 Å². The van der Waals surface area contributed by atoms with Crippen molar-refractivity contribution in [1.29, 1.82) is 0 Å². The Hall–Kier alpha value is -2.35. The van der Waals surface area contributed by atoms with E-state index in [-0.39, 0.29) is 10.8 Å². The van der Waals surface area contributed by atoms with Gasteiger partial charge in [0, 0.05) is 6.42 Å². The van der Waals surface area contributed by atoms with Crippen molar-refractivity contribution in [3.05, 3.63) is 71.8 Å². The molecule has 1 aliphatic rings. The molecule has 2 aromatic carbocycles. The number of hydrazone groups is 1. The minimum atomic E-state index is -5.57. The minimum Gasteiger partial charge on any atom is -0.195 e. The largest absolute Gasteiger partial charge is 0.518 e. The van der Waals surface area contributed by atoms with Gasteiger partial charge in [0.15, 0.2) is 0 Å². The average Bonchev–Trinajstić information content (AvgIpc) is 3.01. The van der Waals surface area contributed by atoms with Gasteiger partial charge in [-0.1, -0.05) is 60.7 Å². The van der Waals surface area contributed by atoms with E-state index in [0.29, 0.717) is 16.8 Å². The molecule has 24 heavy (non-hydrogen) atoms. The number of hydrogen-bond donors (Lipinski definition) is 0. The molecule has 0 fully saturated rings. The quantitative estimate of drug-likeness (QED) is 0.844. The van der Waals surface area contributed by atoms with Crippen LogP contribution < -0.4 is 0 Å². The molecular weight excluding hydrogens is 341 g/mol. The Labute approximate surface area is 137 Å². The Morgan fingerprint density at radius 2 is 1.50 bits per heavy atom. The normalized spacial score (nSPS) is 18.5. The molecule has 1 atom stereocenters. The summed E-state index contributed by atoms with van der Waals surface area (Å²) in [6.07, 6.45) is 0.0728. The molecular formula is C16H13F3N2O2S. The first-order chi connectivity index (χ1) is 11.3. The summed E-state index contributed by atoms with van der Waals surface area (Å²) < 4.78 is 63.0. The molecule has 0 aliphatic carbocycles. The molecule has 8 heteroatoms. The smallest absolute Gasteiger partial charge is 0.195 e. The highest BCUT2D eigenvalue weighted by Gasteiger charge is 2.54. The summed E-state index contributed by atoms with van der Waals surface area (Å²) in [5, 5.41) is 3.80. The fourth-order valence-corrected chi connectivity index (χ4v) is 3.49. The SMILES string of the molecule is O=S(=O)(N1N=C(c2ccccc2)C[C@@H]1c1ccccc1)C(F)(F)F. The summed E-state index contributed by atoms with van der Waals surface area (Å²) in [4.78, 5) is 0. The first kappa shape index (κ1) is 16.5. The second kappa shape index (κ2) is 5.94. The van der Waals surface area contributed by atoms with Crippen molar-refractivity contribution >= 4 is 15.7 Å². The van der Waals surface area contributed by atoms with E-state index < -0.39 is 21.6 Å². The average molecular weight is 354 g/mol. The zero-order valence-electron chi connectivity index (χ0n) is 12.3. The molecule has 0 saturated carbocycles. The molecule has 0 aromatic heterocycles. The molecule has 4 nitrogen and oxygen atoms in total. The summed E-state index contributed by atoms with van der Waals surface area (Å²) in [7, 11) is -5.57. The number of halogens is 3. The van der Waals surface area contributed by atoms with E-state index in [4.69, 9.17) is 0 Å². The van der Waals surface area contributed by atoms with Gasteiger partial charge in [0.2, 0.25) is 0 Å². The molecule has 0 radical (unpaired) electrons. The summed E-state index contributed by atoms with van der Waals surface area (Å²) in [5.41, 5.74) is -4.05. The molecule has 1 aliphatic heterocycles. The maximum absolute atomic E-state index is 13.0. The van der Waals surface area contributed by atoms with Crippen molar-refractivity contribution in [3.63, 3.8) is 0 Å². The molecule has 3 rings (SSSR count). The molecule has 0 N–H and O–H groups in total. The molecule has 0 saturated heterocycles. The first-order valence-electron chi connectivity index (χ1n) is 7.09. The Balaban J connectivity index is 2.07. The fourth-order valence-electron chi connectivity index (χ4n) is 2.54. The third kappa shape index (κ3) is 2.89. The highest BCUT2D eigenvalue weighted by atomic mass is 32.2. The van der Waals surface area contributed by atoms with Crippen molar-refractivity contribution in [2.45, 2.75) is 18.0 Å². The monoisotopic (exact) mass is 354 g/mol. The van der Waals surface area contributed by atoms with E-state index in [0.717, 1.165) is 0 Å². The van der Waals surface area contributed by atoms with Gasteiger partial charge in [-0.15, -0.1) is 0 Å². The first-order valence-corrected chi connectivity index (χ1v) is 8.53. The number of alkyl halides is 3. The number of sulfonamides is 1. The van der Waals surface area contributed by atoms with Gasteiger partial charge in [-0.05, 0) is 11.1 Å². The van der Waals surface area contributed by atoms with E-state index in [1.165, 1.54) is 0 Å². The highest BCUT2D eigenvalue weighted by molar-refractivity contribution is 7.89. The molecule has 0 bridgehead atoms. The van der Waals surface area contributed by atoms with Gasteiger partial charge in [0.1, 0.15) is 0 Å². The van der Waals surface area contributed by atoms with Crippen LogP contribution in [0.5, 0.6) is 0 Å². The fraction of sp³-hybridized carbons (Fsp3) is 0.188. The predicted molar refractivity (Wildman–Crippen MR) is 83.6 cm³/mol. The highest BCUT2D eigenvalue weighted by Crippen LogP contribution is 2.39. The maximum atomic E-state index is 13.0. The third-order valence-corrected chi connectivity index (χ3v) is 5.12. The van der Waals surface area contributed by atoms with Crippen LogP contribution in [0.1, 0.15) is 23.6 Å². The molecule has 0 unspecified atom stereocenters. The van der Waals surface area contributed by atoms with E-state index in [1.54, 1.807) is 60.7 Å². The van der Waals surface area contributed by atoms with Crippen LogP contribution in [0.25, 0.3) is 0 Å². The van der Waals surface area contributed by atoms with Crippen LogP contribution in [0.4, 0.5) is 13.2 Å². The lowest BCUT2D eigenvalue weighted by molar-refractivity contribution is -0.0496. The van der Waals surface area contributed by atoms with E-state index in [2.05, 4.69) is 5.10 Å². The van der Waals surface area contributed by atoms with Crippen molar-refractivity contribution in [2.24, 2.45) is 5.10 Å². The van der Waals surface area contributed by atoms with Crippen LogP contribution in [0.3, 0.4) is 0 Å². The number of rotatable bonds is 3.